The topological polar surface area (TPSA) is 38.7 Å². The fraction of sp³-hybridized carbons (Fsp3) is 1.00. The summed E-state index contributed by atoms with van der Waals surface area (Å²) in [7, 11) is 0. The van der Waals surface area contributed by atoms with Crippen LogP contribution in [-0.2, 0) is 9.47 Å². The molecule has 19 heavy (non-hydrogen) atoms. The van der Waals surface area contributed by atoms with Crippen LogP contribution in [0.1, 0.15) is 67.7 Å². The summed E-state index contributed by atoms with van der Waals surface area (Å²) in [5.41, 5.74) is -0.159. The first kappa shape index (κ1) is 16.9. The summed E-state index contributed by atoms with van der Waals surface area (Å²) in [5, 5.41) is 10.4. The van der Waals surface area contributed by atoms with Crippen molar-refractivity contribution in [2.45, 2.75) is 97.7 Å². The fourth-order valence-electron chi connectivity index (χ4n) is 2.51. The van der Waals surface area contributed by atoms with Crippen molar-refractivity contribution in [3.63, 3.8) is 0 Å². The number of rotatable bonds is 5. The van der Waals surface area contributed by atoms with Crippen LogP contribution in [0.15, 0.2) is 0 Å². The Hall–Kier alpha value is -0.120. The van der Waals surface area contributed by atoms with E-state index in [1.54, 1.807) is 0 Å². The third-order valence-corrected chi connectivity index (χ3v) is 4.71. The monoisotopic (exact) mass is 272 g/mol. The minimum absolute atomic E-state index is 0.00107. The van der Waals surface area contributed by atoms with Crippen LogP contribution < -0.4 is 0 Å². The maximum Gasteiger partial charge on any atom is 0.0890 e. The van der Waals surface area contributed by atoms with E-state index in [-0.39, 0.29) is 29.3 Å². The third kappa shape index (κ3) is 4.17. The van der Waals surface area contributed by atoms with E-state index in [4.69, 9.17) is 9.47 Å². The number of aliphatic hydroxyl groups is 1. The molecule has 3 heteroatoms. The highest BCUT2D eigenvalue weighted by Crippen LogP contribution is 2.37. The van der Waals surface area contributed by atoms with Gasteiger partial charge in [-0.25, -0.2) is 0 Å². The van der Waals surface area contributed by atoms with Gasteiger partial charge >= 0.3 is 0 Å². The van der Waals surface area contributed by atoms with E-state index in [0.29, 0.717) is 6.42 Å². The summed E-state index contributed by atoms with van der Waals surface area (Å²) < 4.78 is 12.2. The first-order chi connectivity index (χ1) is 8.63. The van der Waals surface area contributed by atoms with E-state index in [2.05, 4.69) is 48.5 Å². The van der Waals surface area contributed by atoms with Crippen LogP contribution in [0.3, 0.4) is 0 Å². The molecule has 1 saturated heterocycles. The predicted molar refractivity (Wildman–Crippen MR) is 78.3 cm³/mol. The Kier molecular flexibility index (Phi) is 5.44. The van der Waals surface area contributed by atoms with Gasteiger partial charge in [0.25, 0.3) is 0 Å². The summed E-state index contributed by atoms with van der Waals surface area (Å²) in [4.78, 5) is 0. The highest BCUT2D eigenvalue weighted by molar-refractivity contribution is 4.92. The van der Waals surface area contributed by atoms with E-state index < -0.39 is 6.10 Å². The molecule has 3 nitrogen and oxygen atoms in total. The number of ether oxygens (including phenoxy) is 2. The van der Waals surface area contributed by atoms with Crippen LogP contribution in [0.5, 0.6) is 0 Å². The van der Waals surface area contributed by atoms with Crippen LogP contribution in [-0.4, -0.2) is 35.1 Å². The molecular weight excluding hydrogens is 240 g/mol. The van der Waals surface area contributed by atoms with Gasteiger partial charge in [0.15, 0.2) is 0 Å². The Morgan fingerprint density at radius 3 is 2.21 bits per heavy atom. The molecule has 0 spiro atoms. The van der Waals surface area contributed by atoms with Crippen LogP contribution in [0, 0.1) is 5.41 Å². The predicted octanol–water partition coefficient (Wildman–Crippen LogP) is 3.53. The average molecular weight is 272 g/mol. The Morgan fingerprint density at radius 1 is 1.16 bits per heavy atom. The molecule has 1 rings (SSSR count). The minimum Gasteiger partial charge on any atom is -0.390 e. The lowest BCUT2D eigenvalue weighted by atomic mass is 9.78. The van der Waals surface area contributed by atoms with Gasteiger partial charge in [-0.1, -0.05) is 27.7 Å². The van der Waals surface area contributed by atoms with E-state index in [1.807, 2.05) is 0 Å². The Balaban J connectivity index is 2.71. The molecule has 0 amide bonds. The van der Waals surface area contributed by atoms with E-state index in [0.717, 1.165) is 12.8 Å². The second-order valence-corrected chi connectivity index (χ2v) is 7.18. The summed E-state index contributed by atoms with van der Waals surface area (Å²) in [6.45, 7) is 14.8. The zero-order valence-corrected chi connectivity index (χ0v) is 13.7. The van der Waals surface area contributed by atoms with Crippen molar-refractivity contribution in [3.05, 3.63) is 0 Å². The summed E-state index contributed by atoms with van der Waals surface area (Å²) in [6, 6.07) is 0. The molecule has 0 aliphatic carbocycles. The first-order valence-corrected chi connectivity index (χ1v) is 7.64. The van der Waals surface area contributed by atoms with Gasteiger partial charge in [0.1, 0.15) is 0 Å². The van der Waals surface area contributed by atoms with Crippen LogP contribution >= 0.6 is 0 Å². The molecule has 0 aromatic rings. The molecule has 0 aromatic carbocycles. The molecule has 1 N–H and O–H groups in total. The highest BCUT2D eigenvalue weighted by atomic mass is 16.6. The molecule has 0 aromatic heterocycles. The highest BCUT2D eigenvalue weighted by Gasteiger charge is 2.43. The largest absolute Gasteiger partial charge is 0.390 e. The lowest BCUT2D eigenvalue weighted by Crippen LogP contribution is -2.54. The van der Waals surface area contributed by atoms with Crippen LogP contribution in [0.2, 0.25) is 0 Å². The van der Waals surface area contributed by atoms with Gasteiger partial charge in [-0.3, -0.25) is 0 Å². The van der Waals surface area contributed by atoms with Crippen molar-refractivity contribution in [2.24, 2.45) is 5.41 Å². The molecule has 0 bridgehead atoms. The Labute approximate surface area is 118 Å². The van der Waals surface area contributed by atoms with Crippen molar-refractivity contribution in [1.82, 2.24) is 0 Å². The molecule has 114 valence electrons. The van der Waals surface area contributed by atoms with Crippen molar-refractivity contribution in [2.75, 3.05) is 0 Å². The number of aliphatic hydroxyl groups excluding tert-OH is 1. The smallest absolute Gasteiger partial charge is 0.0890 e. The number of hydrogen-bond donors (Lipinski definition) is 1. The number of hydrogen-bond acceptors (Lipinski definition) is 3. The van der Waals surface area contributed by atoms with E-state index in [9.17, 15) is 5.11 Å². The van der Waals surface area contributed by atoms with Crippen molar-refractivity contribution < 1.29 is 14.6 Å². The van der Waals surface area contributed by atoms with Crippen molar-refractivity contribution in [1.29, 1.82) is 0 Å². The van der Waals surface area contributed by atoms with Crippen molar-refractivity contribution >= 4 is 0 Å². The molecule has 1 fully saturated rings. The van der Waals surface area contributed by atoms with Gasteiger partial charge in [-0.05, 0) is 39.0 Å². The summed E-state index contributed by atoms with van der Waals surface area (Å²) in [5.74, 6) is 0. The van der Waals surface area contributed by atoms with Crippen molar-refractivity contribution in [3.8, 4) is 0 Å². The molecule has 0 saturated carbocycles. The van der Waals surface area contributed by atoms with Crippen LogP contribution in [0.25, 0.3) is 0 Å². The standard InChI is InChI=1S/C16H32O3/c1-8-15(4,5)14-12(17)10-13(11(3)18-14)19-16(6,7)9-2/h11-14,17H,8-10H2,1-7H3/t11?,12-,13-,14?/m0/s1. The second-order valence-electron chi connectivity index (χ2n) is 7.18. The molecular formula is C16H32O3. The summed E-state index contributed by atoms with van der Waals surface area (Å²) in [6.07, 6.45) is 2.09. The second kappa shape index (κ2) is 6.11. The third-order valence-electron chi connectivity index (χ3n) is 4.71. The molecule has 4 atom stereocenters. The Morgan fingerprint density at radius 2 is 1.74 bits per heavy atom. The van der Waals surface area contributed by atoms with Crippen LogP contribution in [0.4, 0.5) is 0 Å². The lowest BCUT2D eigenvalue weighted by molar-refractivity contribution is -0.229. The average Bonchev–Trinajstić information content (AvgIpc) is 2.33. The summed E-state index contributed by atoms with van der Waals surface area (Å²) >= 11 is 0. The minimum atomic E-state index is -0.441. The normalized spacial score (nSPS) is 33.5. The van der Waals surface area contributed by atoms with Gasteiger partial charge in [-0.15, -0.1) is 0 Å². The molecule has 1 aliphatic rings. The van der Waals surface area contributed by atoms with E-state index >= 15 is 0 Å². The lowest BCUT2D eigenvalue weighted by Gasteiger charge is -2.46. The van der Waals surface area contributed by atoms with Gasteiger partial charge in [0.2, 0.25) is 0 Å². The van der Waals surface area contributed by atoms with Gasteiger partial charge in [-0.2, -0.15) is 0 Å². The molecule has 0 radical (unpaired) electrons. The van der Waals surface area contributed by atoms with Gasteiger partial charge < -0.3 is 14.6 Å². The van der Waals surface area contributed by atoms with E-state index in [1.165, 1.54) is 0 Å². The fourth-order valence-corrected chi connectivity index (χ4v) is 2.51. The SMILES string of the molecule is CCC(C)(C)O[C@H]1C[C@H](O)C(C(C)(C)CC)OC1C. The zero-order valence-electron chi connectivity index (χ0n) is 13.7. The first-order valence-electron chi connectivity index (χ1n) is 7.64. The molecule has 1 aliphatic heterocycles. The van der Waals surface area contributed by atoms with Gasteiger partial charge in [0.05, 0.1) is 30.0 Å². The quantitative estimate of drug-likeness (QED) is 0.832. The molecule has 2 unspecified atom stereocenters. The Bertz CT molecular complexity index is 286. The zero-order chi connectivity index (χ0) is 14.8. The maximum absolute atomic E-state index is 10.4. The van der Waals surface area contributed by atoms with Gasteiger partial charge in [0, 0.05) is 6.42 Å². The molecule has 1 heterocycles. The maximum atomic E-state index is 10.4.